The minimum Gasteiger partial charge on any atom is -0.302 e. The van der Waals surface area contributed by atoms with Gasteiger partial charge in [0, 0.05) is 26.3 Å². The number of anilines is 1. The van der Waals surface area contributed by atoms with Gasteiger partial charge < -0.3 is 4.90 Å². The van der Waals surface area contributed by atoms with Gasteiger partial charge in [-0.1, -0.05) is 25.2 Å². The van der Waals surface area contributed by atoms with Crippen molar-refractivity contribution in [3.63, 3.8) is 0 Å². The molecule has 0 aliphatic carbocycles. The number of nitrogens with zero attached hydrogens (tertiary/aromatic N) is 5. The Morgan fingerprint density at radius 2 is 1.96 bits per heavy atom. The molecule has 0 saturated heterocycles. The van der Waals surface area contributed by atoms with E-state index in [1.54, 1.807) is 35.0 Å². The Hall–Kier alpha value is -2.03. The molecular weight excluding hydrogens is 389 g/mol. The molecule has 146 valence electrons. The van der Waals surface area contributed by atoms with Crippen LogP contribution in [0.5, 0.6) is 0 Å². The van der Waals surface area contributed by atoms with Crippen LogP contribution in [0.4, 0.5) is 9.52 Å². The molecule has 0 unspecified atom stereocenters. The van der Waals surface area contributed by atoms with E-state index >= 15 is 0 Å². The fourth-order valence-corrected chi connectivity index (χ4v) is 3.80. The predicted octanol–water partition coefficient (Wildman–Crippen LogP) is 3.58. The predicted molar refractivity (Wildman–Crippen MR) is 109 cm³/mol. The molecule has 0 spiro atoms. The van der Waals surface area contributed by atoms with Gasteiger partial charge in [-0.05, 0) is 37.4 Å². The molecule has 0 saturated carbocycles. The average molecular weight is 412 g/mol. The molecule has 0 fully saturated rings. The maximum atomic E-state index is 13.5. The van der Waals surface area contributed by atoms with Crippen LogP contribution in [0.3, 0.4) is 0 Å². The maximum absolute atomic E-state index is 13.5. The molecule has 9 heteroatoms. The van der Waals surface area contributed by atoms with E-state index in [1.165, 1.54) is 23.5 Å². The van der Waals surface area contributed by atoms with Crippen LogP contribution in [-0.4, -0.2) is 51.8 Å². The lowest BCUT2D eigenvalue weighted by molar-refractivity contribution is 0.0974. The maximum Gasteiger partial charge on any atom is 0.278 e. The Morgan fingerprint density at radius 3 is 2.59 bits per heavy atom. The third-order valence-electron chi connectivity index (χ3n) is 4.39. The lowest BCUT2D eigenvalue weighted by Gasteiger charge is -2.24. The van der Waals surface area contributed by atoms with Crippen LogP contribution in [-0.2, 0) is 7.05 Å². The van der Waals surface area contributed by atoms with Crippen LogP contribution in [0, 0.1) is 5.82 Å². The number of carbonyl (C=O) groups excluding carboxylic acids is 1. The lowest BCUT2D eigenvalue weighted by atomic mass is 10.3. The van der Waals surface area contributed by atoms with Gasteiger partial charge >= 0.3 is 0 Å². The largest absolute Gasteiger partial charge is 0.302 e. The fourth-order valence-electron chi connectivity index (χ4n) is 2.79. The van der Waals surface area contributed by atoms with Gasteiger partial charge in [0.25, 0.3) is 5.91 Å². The number of amides is 1. The standard InChI is InChI=1S/C18H22FN5OS.ClH/c1-4-23(5-2)10-11-24(17(25)15-8-9-20-22(15)3)18-21-14-7-6-13(19)12-16(14)26-18;/h6-9,12H,4-5,10-11H2,1-3H3;1H. The van der Waals surface area contributed by atoms with Crippen molar-refractivity contribution in [2.24, 2.45) is 7.05 Å². The fraction of sp³-hybridized carbons (Fsp3) is 0.389. The van der Waals surface area contributed by atoms with Crippen LogP contribution in [0.1, 0.15) is 24.3 Å². The molecule has 0 N–H and O–H groups in total. The van der Waals surface area contributed by atoms with E-state index in [0.717, 1.165) is 24.3 Å². The molecule has 3 rings (SSSR count). The van der Waals surface area contributed by atoms with Crippen molar-refractivity contribution in [3.8, 4) is 0 Å². The van der Waals surface area contributed by atoms with E-state index in [2.05, 4.69) is 28.8 Å². The highest BCUT2D eigenvalue weighted by atomic mass is 35.5. The number of likely N-dealkylation sites (N-methyl/N-ethyl adjacent to an activating group) is 1. The topological polar surface area (TPSA) is 54.3 Å². The molecule has 3 aromatic rings. The summed E-state index contributed by atoms with van der Waals surface area (Å²) in [5.74, 6) is -0.461. The molecule has 1 amide bonds. The number of halogens is 2. The molecule has 0 bridgehead atoms. The van der Waals surface area contributed by atoms with Crippen LogP contribution in [0.25, 0.3) is 10.2 Å². The molecule has 1 aromatic carbocycles. The van der Waals surface area contributed by atoms with Crippen molar-refractivity contribution in [3.05, 3.63) is 42.0 Å². The van der Waals surface area contributed by atoms with E-state index in [0.29, 0.717) is 22.9 Å². The lowest BCUT2D eigenvalue weighted by Crippen LogP contribution is -2.39. The first-order valence-electron chi connectivity index (χ1n) is 8.61. The zero-order valence-corrected chi connectivity index (χ0v) is 17.2. The van der Waals surface area contributed by atoms with Gasteiger partial charge in [0.05, 0.1) is 10.2 Å². The first-order chi connectivity index (χ1) is 12.5. The monoisotopic (exact) mass is 411 g/mol. The van der Waals surface area contributed by atoms with Gasteiger partial charge in [-0.25, -0.2) is 9.37 Å². The van der Waals surface area contributed by atoms with Gasteiger partial charge in [-0.15, -0.1) is 12.4 Å². The number of aryl methyl sites for hydroxylation is 1. The van der Waals surface area contributed by atoms with E-state index in [1.807, 2.05) is 0 Å². The number of thiazole rings is 1. The summed E-state index contributed by atoms with van der Waals surface area (Å²) in [7, 11) is 1.74. The summed E-state index contributed by atoms with van der Waals surface area (Å²) < 4.78 is 15.8. The molecule has 0 aliphatic rings. The van der Waals surface area contributed by atoms with E-state index in [-0.39, 0.29) is 24.1 Å². The van der Waals surface area contributed by atoms with E-state index in [4.69, 9.17) is 0 Å². The number of fused-ring (bicyclic) bond motifs is 1. The number of benzene rings is 1. The second kappa shape index (κ2) is 9.25. The van der Waals surface area contributed by atoms with E-state index in [9.17, 15) is 9.18 Å². The molecule has 0 aliphatic heterocycles. The zero-order chi connectivity index (χ0) is 18.7. The van der Waals surface area contributed by atoms with Crippen molar-refractivity contribution >= 4 is 45.0 Å². The van der Waals surface area contributed by atoms with Crippen LogP contribution >= 0.6 is 23.7 Å². The number of hydrogen-bond donors (Lipinski definition) is 0. The summed E-state index contributed by atoms with van der Waals surface area (Å²) in [5.41, 5.74) is 1.19. The Bertz CT molecular complexity index is 908. The highest BCUT2D eigenvalue weighted by Gasteiger charge is 2.24. The Balaban J connectivity index is 0.00000261. The number of hydrogen-bond acceptors (Lipinski definition) is 5. The molecule has 2 aromatic heterocycles. The van der Waals surface area contributed by atoms with Crippen molar-refractivity contribution in [2.75, 3.05) is 31.1 Å². The summed E-state index contributed by atoms with van der Waals surface area (Å²) in [6.07, 6.45) is 1.60. The molecule has 2 heterocycles. The van der Waals surface area contributed by atoms with Crippen molar-refractivity contribution in [2.45, 2.75) is 13.8 Å². The molecule has 0 radical (unpaired) electrons. The molecule has 6 nitrogen and oxygen atoms in total. The van der Waals surface area contributed by atoms with Crippen LogP contribution in [0.15, 0.2) is 30.5 Å². The second-order valence-electron chi connectivity index (χ2n) is 5.93. The minimum absolute atomic E-state index is 0. The van der Waals surface area contributed by atoms with E-state index < -0.39 is 0 Å². The summed E-state index contributed by atoms with van der Waals surface area (Å²) >= 11 is 1.32. The second-order valence-corrected chi connectivity index (χ2v) is 6.94. The number of aromatic nitrogens is 3. The quantitative estimate of drug-likeness (QED) is 0.596. The molecule has 0 atom stereocenters. The minimum atomic E-state index is -0.305. The Morgan fingerprint density at radius 1 is 1.22 bits per heavy atom. The molecule has 27 heavy (non-hydrogen) atoms. The third-order valence-corrected chi connectivity index (χ3v) is 5.43. The summed E-state index contributed by atoms with van der Waals surface area (Å²) in [6.45, 7) is 7.26. The molecular formula is C18H23ClFN5OS. The highest BCUT2D eigenvalue weighted by Crippen LogP contribution is 2.30. The number of rotatable bonds is 7. The number of carbonyl (C=O) groups is 1. The summed E-state index contributed by atoms with van der Waals surface area (Å²) in [6, 6.07) is 6.17. The average Bonchev–Trinajstić information content (AvgIpc) is 3.23. The highest BCUT2D eigenvalue weighted by molar-refractivity contribution is 7.22. The first-order valence-corrected chi connectivity index (χ1v) is 9.43. The van der Waals surface area contributed by atoms with Gasteiger partial charge in [-0.3, -0.25) is 14.4 Å². The Labute approximate surface area is 168 Å². The summed E-state index contributed by atoms with van der Waals surface area (Å²) in [5, 5.41) is 4.66. The van der Waals surface area contributed by atoms with Gasteiger partial charge in [0.1, 0.15) is 11.5 Å². The van der Waals surface area contributed by atoms with Gasteiger partial charge in [0.15, 0.2) is 5.13 Å². The normalized spacial score (nSPS) is 11.0. The Kier molecular flexibility index (Phi) is 7.29. The third kappa shape index (κ3) is 4.63. The zero-order valence-electron chi connectivity index (χ0n) is 15.6. The van der Waals surface area contributed by atoms with Crippen molar-refractivity contribution in [1.82, 2.24) is 19.7 Å². The van der Waals surface area contributed by atoms with Crippen LogP contribution < -0.4 is 4.90 Å². The summed E-state index contributed by atoms with van der Waals surface area (Å²) in [4.78, 5) is 21.6. The smallest absolute Gasteiger partial charge is 0.278 e. The van der Waals surface area contributed by atoms with Crippen molar-refractivity contribution < 1.29 is 9.18 Å². The van der Waals surface area contributed by atoms with Gasteiger partial charge in [-0.2, -0.15) is 5.10 Å². The van der Waals surface area contributed by atoms with Gasteiger partial charge in [0.2, 0.25) is 0 Å². The SMILES string of the molecule is CCN(CC)CCN(C(=O)c1ccnn1C)c1nc2ccc(F)cc2s1.Cl. The van der Waals surface area contributed by atoms with Crippen molar-refractivity contribution in [1.29, 1.82) is 0 Å². The van der Waals surface area contributed by atoms with Crippen LogP contribution in [0.2, 0.25) is 0 Å². The first kappa shape index (κ1) is 21.3.